The lowest BCUT2D eigenvalue weighted by molar-refractivity contribution is 0.402. The van der Waals surface area contributed by atoms with E-state index in [1.165, 1.54) is 0 Å². The molecule has 0 aliphatic carbocycles. The molecule has 0 bridgehead atoms. The second-order valence-electron chi connectivity index (χ2n) is 5.93. The fraction of sp³-hybridized carbons (Fsp3) is 0.130. The maximum atomic E-state index is 5.46. The summed E-state index contributed by atoms with van der Waals surface area (Å²) >= 11 is 0. The molecule has 0 atom stereocenters. The summed E-state index contributed by atoms with van der Waals surface area (Å²) in [5.41, 5.74) is 4.43. The first-order valence-electron chi connectivity index (χ1n) is 8.68. The van der Waals surface area contributed by atoms with E-state index in [1.54, 1.807) is 14.2 Å². The third-order valence-corrected chi connectivity index (χ3v) is 4.19. The average Bonchev–Trinajstić information content (AvgIpc) is 2.74. The number of ether oxygens (including phenoxy) is 2. The van der Waals surface area contributed by atoms with Gasteiger partial charge in [-0.2, -0.15) is 5.10 Å². The van der Waals surface area contributed by atoms with Crippen molar-refractivity contribution in [3.05, 3.63) is 95.6 Å². The lowest BCUT2D eigenvalue weighted by Gasteiger charge is -2.10. The highest BCUT2D eigenvalue weighted by atomic mass is 16.5. The summed E-state index contributed by atoms with van der Waals surface area (Å²) in [6.45, 7) is 1.91. The minimum atomic E-state index is 0.730. The van der Waals surface area contributed by atoms with Crippen molar-refractivity contribution >= 4 is 11.4 Å². The molecule has 0 aromatic heterocycles. The van der Waals surface area contributed by atoms with Gasteiger partial charge in [0, 0.05) is 16.7 Å². The number of hydrogen-bond acceptors (Lipinski definition) is 4. The van der Waals surface area contributed by atoms with Crippen LogP contribution in [0.2, 0.25) is 0 Å². The van der Waals surface area contributed by atoms with E-state index in [-0.39, 0.29) is 0 Å². The molecule has 0 heterocycles. The molecule has 4 heteroatoms. The molecule has 3 aromatic rings. The molecular formula is C23H22N2O2. The summed E-state index contributed by atoms with van der Waals surface area (Å²) in [5, 5.41) is 9.08. The quantitative estimate of drug-likeness (QED) is 0.461. The number of hydrogen-bond donors (Lipinski definition) is 0. The van der Waals surface area contributed by atoms with Crippen molar-refractivity contribution in [1.29, 1.82) is 0 Å². The third-order valence-electron chi connectivity index (χ3n) is 4.19. The Kier molecular flexibility index (Phi) is 6.00. The third kappa shape index (κ3) is 4.42. The molecule has 0 aliphatic rings. The van der Waals surface area contributed by atoms with E-state index in [0.29, 0.717) is 0 Å². The molecule has 0 unspecified atom stereocenters. The lowest BCUT2D eigenvalue weighted by Crippen LogP contribution is -2.04. The lowest BCUT2D eigenvalue weighted by atomic mass is 10.0. The van der Waals surface area contributed by atoms with Crippen molar-refractivity contribution in [2.75, 3.05) is 14.2 Å². The molecule has 3 rings (SSSR count). The van der Waals surface area contributed by atoms with Crippen molar-refractivity contribution in [2.45, 2.75) is 6.92 Å². The molecule has 0 radical (unpaired) electrons. The van der Waals surface area contributed by atoms with Gasteiger partial charge in [0.2, 0.25) is 0 Å². The first kappa shape index (κ1) is 18.4. The SMILES string of the molecule is COc1ccc(OC)c(/C(C)=N/N=C(c2ccccc2)c2ccccc2)c1. The van der Waals surface area contributed by atoms with Crippen LogP contribution >= 0.6 is 0 Å². The molecule has 0 fully saturated rings. The molecule has 4 nitrogen and oxygen atoms in total. The molecule has 27 heavy (non-hydrogen) atoms. The van der Waals surface area contributed by atoms with Gasteiger partial charge in [-0.05, 0) is 25.1 Å². The van der Waals surface area contributed by atoms with Gasteiger partial charge in [0.05, 0.1) is 19.9 Å². The predicted molar refractivity (Wildman–Crippen MR) is 110 cm³/mol. The van der Waals surface area contributed by atoms with Crippen molar-refractivity contribution in [2.24, 2.45) is 10.2 Å². The van der Waals surface area contributed by atoms with Crippen LogP contribution in [0.15, 0.2) is 89.1 Å². The molecule has 136 valence electrons. The zero-order valence-electron chi connectivity index (χ0n) is 15.7. The van der Waals surface area contributed by atoms with E-state index in [4.69, 9.17) is 9.47 Å². The minimum absolute atomic E-state index is 0.730. The molecule has 0 spiro atoms. The molecular weight excluding hydrogens is 336 g/mol. The smallest absolute Gasteiger partial charge is 0.128 e. The van der Waals surface area contributed by atoms with Crippen molar-refractivity contribution in [3.63, 3.8) is 0 Å². The van der Waals surface area contributed by atoms with Gasteiger partial charge in [0.25, 0.3) is 0 Å². The van der Waals surface area contributed by atoms with Crippen molar-refractivity contribution < 1.29 is 9.47 Å². The summed E-state index contributed by atoms with van der Waals surface area (Å²) < 4.78 is 10.8. The second kappa shape index (κ2) is 8.81. The molecule has 0 amide bonds. The second-order valence-corrected chi connectivity index (χ2v) is 5.93. The van der Waals surface area contributed by atoms with Crippen LogP contribution in [0.3, 0.4) is 0 Å². The summed E-state index contributed by atoms with van der Waals surface area (Å²) in [5.74, 6) is 1.48. The van der Waals surface area contributed by atoms with Gasteiger partial charge >= 0.3 is 0 Å². The Hall–Kier alpha value is -3.40. The van der Waals surface area contributed by atoms with Gasteiger partial charge in [-0.1, -0.05) is 60.7 Å². The fourth-order valence-corrected chi connectivity index (χ4v) is 2.75. The summed E-state index contributed by atoms with van der Waals surface area (Å²) in [6.07, 6.45) is 0. The van der Waals surface area contributed by atoms with Crippen molar-refractivity contribution in [3.8, 4) is 11.5 Å². The Balaban J connectivity index is 2.06. The van der Waals surface area contributed by atoms with Crippen LogP contribution in [0.4, 0.5) is 0 Å². The first-order valence-corrected chi connectivity index (χ1v) is 8.68. The zero-order valence-corrected chi connectivity index (χ0v) is 15.7. The highest BCUT2D eigenvalue weighted by Crippen LogP contribution is 2.25. The summed E-state index contributed by atoms with van der Waals surface area (Å²) in [7, 11) is 3.28. The number of methoxy groups -OCH3 is 2. The van der Waals surface area contributed by atoms with E-state index < -0.39 is 0 Å². The molecule has 0 saturated heterocycles. The van der Waals surface area contributed by atoms with Gasteiger partial charge in [-0.15, -0.1) is 5.10 Å². The summed E-state index contributed by atoms with van der Waals surface area (Å²) in [6, 6.07) is 25.7. The maximum absolute atomic E-state index is 5.46. The van der Waals surface area contributed by atoms with Gasteiger partial charge in [0.1, 0.15) is 17.2 Å². The van der Waals surface area contributed by atoms with Crippen LogP contribution in [0.1, 0.15) is 23.6 Å². The van der Waals surface area contributed by atoms with Gasteiger partial charge in [-0.3, -0.25) is 0 Å². The molecule has 3 aromatic carbocycles. The van der Waals surface area contributed by atoms with Crippen LogP contribution < -0.4 is 9.47 Å². The maximum Gasteiger partial charge on any atom is 0.128 e. The monoisotopic (exact) mass is 358 g/mol. The number of nitrogens with zero attached hydrogens (tertiary/aromatic N) is 2. The molecule has 0 saturated carbocycles. The Morgan fingerprint density at radius 2 is 1.30 bits per heavy atom. The first-order chi connectivity index (χ1) is 13.2. The largest absolute Gasteiger partial charge is 0.497 e. The van der Waals surface area contributed by atoms with Crippen LogP contribution in [0, 0.1) is 0 Å². The Morgan fingerprint density at radius 3 is 1.81 bits per heavy atom. The van der Waals surface area contributed by atoms with E-state index in [9.17, 15) is 0 Å². The number of benzene rings is 3. The standard InChI is InChI=1S/C23H22N2O2/c1-17(21-16-20(26-2)14-15-22(21)27-3)24-25-23(18-10-6-4-7-11-18)19-12-8-5-9-13-19/h4-16H,1-3H3/b24-17+. The highest BCUT2D eigenvalue weighted by Gasteiger charge is 2.10. The number of rotatable bonds is 6. The predicted octanol–water partition coefficient (Wildman–Crippen LogP) is 4.97. The normalized spacial score (nSPS) is 11.0. The zero-order chi connectivity index (χ0) is 19.1. The van der Waals surface area contributed by atoms with E-state index in [2.05, 4.69) is 10.2 Å². The minimum Gasteiger partial charge on any atom is -0.497 e. The fourth-order valence-electron chi connectivity index (χ4n) is 2.75. The van der Waals surface area contributed by atoms with Gasteiger partial charge < -0.3 is 9.47 Å². The van der Waals surface area contributed by atoms with E-state index >= 15 is 0 Å². The Bertz CT molecular complexity index is 907. The topological polar surface area (TPSA) is 43.2 Å². The van der Waals surface area contributed by atoms with Crippen LogP contribution in [-0.4, -0.2) is 25.6 Å². The van der Waals surface area contributed by atoms with Gasteiger partial charge in [-0.25, -0.2) is 0 Å². The Morgan fingerprint density at radius 1 is 0.704 bits per heavy atom. The molecule has 0 aliphatic heterocycles. The van der Waals surface area contributed by atoms with Crippen LogP contribution in [0.5, 0.6) is 11.5 Å². The average molecular weight is 358 g/mol. The molecule has 0 N–H and O–H groups in total. The highest BCUT2D eigenvalue weighted by molar-refractivity contribution is 6.13. The van der Waals surface area contributed by atoms with Crippen LogP contribution in [-0.2, 0) is 0 Å². The van der Waals surface area contributed by atoms with Gasteiger partial charge in [0.15, 0.2) is 0 Å². The summed E-state index contributed by atoms with van der Waals surface area (Å²) in [4.78, 5) is 0. The Labute approximate surface area is 159 Å². The van der Waals surface area contributed by atoms with E-state index in [0.717, 1.165) is 39.6 Å². The van der Waals surface area contributed by atoms with Crippen LogP contribution in [0.25, 0.3) is 0 Å². The van der Waals surface area contributed by atoms with E-state index in [1.807, 2.05) is 85.8 Å². The van der Waals surface area contributed by atoms with Crippen molar-refractivity contribution in [1.82, 2.24) is 0 Å².